The van der Waals surface area contributed by atoms with Gasteiger partial charge in [-0.1, -0.05) is 36.4 Å². The van der Waals surface area contributed by atoms with Gasteiger partial charge in [-0.3, -0.25) is 9.20 Å². The van der Waals surface area contributed by atoms with E-state index < -0.39 is 0 Å². The number of piperazine rings is 1. The van der Waals surface area contributed by atoms with Crippen molar-refractivity contribution >= 4 is 11.6 Å². The zero-order chi connectivity index (χ0) is 18.1. The summed E-state index contributed by atoms with van der Waals surface area (Å²) < 4.78 is 2.70. The quantitative estimate of drug-likeness (QED) is 0.707. The molecule has 1 saturated heterocycles. The van der Waals surface area contributed by atoms with Gasteiger partial charge in [0, 0.05) is 25.8 Å². The maximum absolute atomic E-state index is 13.0. The predicted molar refractivity (Wildman–Crippen MR) is 97.8 cm³/mol. The molecule has 0 aliphatic carbocycles. The lowest BCUT2D eigenvalue weighted by molar-refractivity contribution is -0.137. The standard InChI is InChI=1S/C19H21N5O2/c1-21-11-12-22(16(13-21)15-7-3-2-4-8-15)18(25)14-24-19(26)23-10-6-5-9-17(23)20-24/h2-10,16H,11-14H2,1H3/t16-/m0/s1. The lowest BCUT2D eigenvalue weighted by Gasteiger charge is -2.40. The largest absolute Gasteiger partial charge is 0.350 e. The van der Waals surface area contributed by atoms with Crippen molar-refractivity contribution < 1.29 is 4.79 Å². The first-order chi connectivity index (χ1) is 12.6. The topological polar surface area (TPSA) is 62.9 Å². The van der Waals surface area contributed by atoms with Crippen molar-refractivity contribution in [1.82, 2.24) is 24.0 Å². The molecule has 1 aromatic carbocycles. The van der Waals surface area contributed by atoms with Crippen LogP contribution in [-0.4, -0.2) is 56.6 Å². The maximum atomic E-state index is 13.0. The zero-order valence-corrected chi connectivity index (χ0v) is 14.7. The van der Waals surface area contributed by atoms with Gasteiger partial charge in [-0.2, -0.15) is 0 Å². The maximum Gasteiger partial charge on any atom is 0.350 e. The van der Waals surface area contributed by atoms with E-state index >= 15 is 0 Å². The summed E-state index contributed by atoms with van der Waals surface area (Å²) in [6.45, 7) is 2.18. The first kappa shape index (κ1) is 16.5. The third kappa shape index (κ3) is 3.01. The second-order valence-electron chi connectivity index (χ2n) is 6.64. The summed E-state index contributed by atoms with van der Waals surface area (Å²) in [7, 11) is 2.06. The summed E-state index contributed by atoms with van der Waals surface area (Å²) in [6, 6.07) is 15.4. The van der Waals surface area contributed by atoms with E-state index in [1.807, 2.05) is 41.3 Å². The van der Waals surface area contributed by atoms with E-state index in [0.29, 0.717) is 12.2 Å². The van der Waals surface area contributed by atoms with Crippen molar-refractivity contribution in [2.45, 2.75) is 12.6 Å². The van der Waals surface area contributed by atoms with Crippen molar-refractivity contribution in [1.29, 1.82) is 0 Å². The van der Waals surface area contributed by atoms with Crippen LogP contribution in [0, 0.1) is 0 Å². The molecule has 0 spiro atoms. The first-order valence-corrected chi connectivity index (χ1v) is 8.70. The Labute approximate surface area is 151 Å². The molecule has 1 amide bonds. The summed E-state index contributed by atoms with van der Waals surface area (Å²) in [5.74, 6) is -0.0857. The third-order valence-electron chi connectivity index (χ3n) is 4.86. The number of carbonyl (C=O) groups is 1. The van der Waals surface area contributed by atoms with E-state index in [0.717, 1.165) is 18.7 Å². The molecule has 0 saturated carbocycles. The first-order valence-electron chi connectivity index (χ1n) is 8.70. The Kier molecular flexibility index (Phi) is 4.30. The van der Waals surface area contributed by atoms with Crippen LogP contribution in [-0.2, 0) is 11.3 Å². The molecule has 1 fully saturated rings. The van der Waals surface area contributed by atoms with E-state index in [4.69, 9.17) is 0 Å². The summed E-state index contributed by atoms with van der Waals surface area (Å²) in [5.41, 5.74) is 1.36. The van der Waals surface area contributed by atoms with Gasteiger partial charge in [0.25, 0.3) is 0 Å². The number of benzene rings is 1. The number of aromatic nitrogens is 3. The van der Waals surface area contributed by atoms with Crippen molar-refractivity contribution in [2.75, 3.05) is 26.7 Å². The molecule has 7 heteroatoms. The van der Waals surface area contributed by atoms with Crippen LogP contribution < -0.4 is 5.69 Å². The van der Waals surface area contributed by atoms with Crippen molar-refractivity contribution in [3.05, 3.63) is 70.8 Å². The fraction of sp³-hybridized carbons (Fsp3) is 0.316. The average molecular weight is 351 g/mol. The van der Waals surface area contributed by atoms with Crippen LogP contribution >= 0.6 is 0 Å². The number of fused-ring (bicyclic) bond motifs is 1. The zero-order valence-electron chi connectivity index (χ0n) is 14.7. The van der Waals surface area contributed by atoms with Crippen LogP contribution in [0.5, 0.6) is 0 Å². The minimum absolute atomic E-state index is 0.0183. The highest BCUT2D eigenvalue weighted by atomic mass is 16.2. The molecule has 26 heavy (non-hydrogen) atoms. The smallest absolute Gasteiger partial charge is 0.331 e. The molecule has 0 bridgehead atoms. The molecule has 7 nitrogen and oxygen atoms in total. The summed E-state index contributed by atoms with van der Waals surface area (Å²) in [6.07, 6.45) is 1.66. The number of hydrogen-bond acceptors (Lipinski definition) is 4. The van der Waals surface area contributed by atoms with Gasteiger partial charge in [0.15, 0.2) is 5.65 Å². The second kappa shape index (κ2) is 6.76. The number of carbonyl (C=O) groups excluding carboxylic acids is 1. The molecule has 0 radical (unpaired) electrons. The molecule has 134 valence electrons. The van der Waals surface area contributed by atoms with Gasteiger partial charge < -0.3 is 9.80 Å². The molecule has 1 atom stereocenters. The Morgan fingerprint density at radius 3 is 2.65 bits per heavy atom. The average Bonchev–Trinajstić information content (AvgIpc) is 2.98. The molecule has 0 N–H and O–H groups in total. The Balaban J connectivity index is 1.61. The molecule has 1 aliphatic rings. The molecule has 3 aromatic rings. The monoisotopic (exact) mass is 351 g/mol. The van der Waals surface area contributed by atoms with Gasteiger partial charge >= 0.3 is 5.69 Å². The van der Waals surface area contributed by atoms with Crippen molar-refractivity contribution in [3.63, 3.8) is 0 Å². The fourth-order valence-electron chi connectivity index (χ4n) is 3.47. The van der Waals surface area contributed by atoms with Crippen LogP contribution in [0.1, 0.15) is 11.6 Å². The van der Waals surface area contributed by atoms with Gasteiger partial charge in [-0.25, -0.2) is 9.48 Å². The number of pyridine rings is 1. The number of amides is 1. The highest BCUT2D eigenvalue weighted by Gasteiger charge is 2.30. The lowest BCUT2D eigenvalue weighted by atomic mass is 10.0. The highest BCUT2D eigenvalue weighted by Crippen LogP contribution is 2.25. The molecule has 4 rings (SSSR count). The van der Waals surface area contributed by atoms with Crippen LogP contribution in [0.4, 0.5) is 0 Å². The minimum Gasteiger partial charge on any atom is -0.331 e. The summed E-state index contributed by atoms with van der Waals surface area (Å²) in [5, 5.41) is 4.27. The van der Waals surface area contributed by atoms with Crippen LogP contribution in [0.2, 0.25) is 0 Å². The third-order valence-corrected chi connectivity index (χ3v) is 4.86. The van der Waals surface area contributed by atoms with E-state index in [1.165, 1.54) is 9.08 Å². The van der Waals surface area contributed by atoms with E-state index in [9.17, 15) is 9.59 Å². The number of hydrogen-bond donors (Lipinski definition) is 0. The molecule has 3 heterocycles. The van der Waals surface area contributed by atoms with Crippen LogP contribution in [0.25, 0.3) is 5.65 Å². The SMILES string of the molecule is CN1CCN(C(=O)Cn2nc3ccccn3c2=O)[C@H](c2ccccc2)C1. The molecular weight excluding hydrogens is 330 g/mol. The predicted octanol–water partition coefficient (Wildman–Crippen LogP) is 1.01. The van der Waals surface area contributed by atoms with Gasteiger partial charge in [0.05, 0.1) is 6.04 Å². The molecule has 2 aromatic heterocycles. The summed E-state index contributed by atoms with van der Waals surface area (Å²) in [4.78, 5) is 29.5. The number of likely N-dealkylation sites (N-methyl/N-ethyl adjacent to an activating group) is 1. The van der Waals surface area contributed by atoms with E-state index in [-0.39, 0.29) is 24.2 Å². The van der Waals surface area contributed by atoms with E-state index in [2.05, 4.69) is 17.0 Å². The minimum atomic E-state index is -0.292. The lowest BCUT2D eigenvalue weighted by Crippen LogP contribution is -2.50. The second-order valence-corrected chi connectivity index (χ2v) is 6.64. The van der Waals surface area contributed by atoms with Gasteiger partial charge in [-0.05, 0) is 24.7 Å². The van der Waals surface area contributed by atoms with Crippen LogP contribution in [0.3, 0.4) is 0 Å². The van der Waals surface area contributed by atoms with E-state index in [1.54, 1.807) is 18.3 Å². The Hall–Kier alpha value is -2.93. The Bertz CT molecular complexity index is 978. The van der Waals surface area contributed by atoms with Crippen molar-refractivity contribution in [3.8, 4) is 0 Å². The fourth-order valence-corrected chi connectivity index (χ4v) is 3.47. The molecular formula is C19H21N5O2. The molecule has 0 unspecified atom stereocenters. The number of rotatable bonds is 3. The Morgan fingerprint density at radius 1 is 1.12 bits per heavy atom. The van der Waals surface area contributed by atoms with Gasteiger partial charge in [0.1, 0.15) is 6.54 Å². The summed E-state index contributed by atoms with van der Waals surface area (Å²) >= 11 is 0. The van der Waals surface area contributed by atoms with Crippen LogP contribution in [0.15, 0.2) is 59.5 Å². The normalized spacial score (nSPS) is 18.3. The number of nitrogens with zero attached hydrogens (tertiary/aromatic N) is 5. The van der Waals surface area contributed by atoms with Gasteiger partial charge in [0.2, 0.25) is 5.91 Å². The molecule has 1 aliphatic heterocycles. The Morgan fingerprint density at radius 2 is 1.88 bits per heavy atom. The van der Waals surface area contributed by atoms with Crippen molar-refractivity contribution in [2.24, 2.45) is 0 Å². The highest BCUT2D eigenvalue weighted by molar-refractivity contribution is 5.76. The van der Waals surface area contributed by atoms with Gasteiger partial charge in [-0.15, -0.1) is 5.10 Å².